The quantitative estimate of drug-likeness (QED) is 0.520. The van der Waals surface area contributed by atoms with Gasteiger partial charge in [-0.1, -0.05) is 24.3 Å². The number of anilines is 1. The number of thioether (sulfide) groups is 1. The minimum absolute atomic E-state index is 0.00325. The molecule has 0 saturated carbocycles. The second-order valence-electron chi connectivity index (χ2n) is 4.41. The third kappa shape index (κ3) is 4.32. The fraction of sp³-hybridized carbons (Fsp3) is 0.133. The normalized spacial score (nSPS) is 10.1. The molecular formula is C15H14N2O3S. The maximum atomic E-state index is 11.9. The van der Waals surface area contributed by atoms with Gasteiger partial charge >= 0.3 is 0 Å². The maximum Gasteiger partial charge on any atom is 0.274 e. The topological polar surface area (TPSA) is 72.2 Å². The van der Waals surface area contributed by atoms with E-state index in [0.717, 1.165) is 4.90 Å². The summed E-state index contributed by atoms with van der Waals surface area (Å²) in [7, 11) is 0. The largest absolute Gasteiger partial charge is 0.325 e. The molecule has 1 N–H and O–H groups in total. The van der Waals surface area contributed by atoms with Crippen molar-refractivity contribution >= 4 is 29.0 Å². The SMILES string of the molecule is Cc1ccc(NC(=O)CSc2ccccc2)cc1[N+](=O)[O-]. The zero-order valence-electron chi connectivity index (χ0n) is 11.4. The number of amides is 1. The van der Waals surface area contributed by atoms with Crippen molar-refractivity contribution in [2.75, 3.05) is 11.1 Å². The lowest BCUT2D eigenvalue weighted by atomic mass is 10.2. The molecule has 0 aliphatic carbocycles. The standard InChI is InChI=1S/C15H14N2O3S/c1-11-7-8-12(9-14(11)17(19)20)16-15(18)10-21-13-5-3-2-4-6-13/h2-9H,10H2,1H3,(H,16,18). The molecule has 0 heterocycles. The summed E-state index contributed by atoms with van der Waals surface area (Å²) in [5.41, 5.74) is 1.01. The maximum absolute atomic E-state index is 11.9. The Bertz CT molecular complexity index is 659. The van der Waals surface area contributed by atoms with E-state index in [9.17, 15) is 14.9 Å². The van der Waals surface area contributed by atoms with Crippen molar-refractivity contribution in [2.45, 2.75) is 11.8 Å². The Hall–Kier alpha value is -2.34. The Morgan fingerprint density at radius 1 is 1.24 bits per heavy atom. The molecule has 2 aromatic carbocycles. The monoisotopic (exact) mass is 302 g/mol. The van der Waals surface area contributed by atoms with E-state index in [-0.39, 0.29) is 17.3 Å². The van der Waals surface area contributed by atoms with Gasteiger partial charge in [0.2, 0.25) is 5.91 Å². The molecule has 108 valence electrons. The van der Waals surface area contributed by atoms with Crippen molar-refractivity contribution in [3.63, 3.8) is 0 Å². The van der Waals surface area contributed by atoms with Crippen LogP contribution in [0.4, 0.5) is 11.4 Å². The molecule has 5 nitrogen and oxygen atoms in total. The summed E-state index contributed by atoms with van der Waals surface area (Å²) in [5, 5.41) is 13.5. The smallest absolute Gasteiger partial charge is 0.274 e. The van der Waals surface area contributed by atoms with E-state index in [2.05, 4.69) is 5.32 Å². The number of aryl methyl sites for hydroxylation is 1. The van der Waals surface area contributed by atoms with Gasteiger partial charge in [0.1, 0.15) is 0 Å². The number of carbonyl (C=O) groups excluding carboxylic acids is 1. The average Bonchev–Trinajstić information content (AvgIpc) is 2.48. The summed E-state index contributed by atoms with van der Waals surface area (Å²) in [5.74, 6) is 0.0631. The zero-order chi connectivity index (χ0) is 15.2. The van der Waals surface area contributed by atoms with Crippen LogP contribution in [0.15, 0.2) is 53.4 Å². The third-order valence-electron chi connectivity index (χ3n) is 2.80. The first-order chi connectivity index (χ1) is 10.1. The van der Waals surface area contributed by atoms with Gasteiger partial charge in [0.25, 0.3) is 5.69 Å². The number of nitrogens with one attached hydrogen (secondary N) is 1. The lowest BCUT2D eigenvalue weighted by molar-refractivity contribution is -0.385. The summed E-state index contributed by atoms with van der Waals surface area (Å²) in [6.07, 6.45) is 0. The van der Waals surface area contributed by atoms with Gasteiger partial charge < -0.3 is 5.32 Å². The van der Waals surface area contributed by atoms with Crippen LogP contribution in [0.1, 0.15) is 5.56 Å². The summed E-state index contributed by atoms with van der Waals surface area (Å²) in [4.78, 5) is 23.3. The Balaban J connectivity index is 1.97. The number of hydrogen-bond donors (Lipinski definition) is 1. The molecular weight excluding hydrogens is 288 g/mol. The fourth-order valence-corrected chi connectivity index (χ4v) is 2.47. The number of nitrogens with zero attached hydrogens (tertiary/aromatic N) is 1. The van der Waals surface area contributed by atoms with E-state index in [0.29, 0.717) is 11.3 Å². The van der Waals surface area contributed by atoms with Crippen LogP contribution in [-0.4, -0.2) is 16.6 Å². The Kier molecular flexibility index (Phi) is 4.94. The minimum Gasteiger partial charge on any atom is -0.325 e. The van der Waals surface area contributed by atoms with Crippen LogP contribution < -0.4 is 5.32 Å². The molecule has 0 atom stereocenters. The van der Waals surface area contributed by atoms with Crippen LogP contribution in [-0.2, 0) is 4.79 Å². The highest BCUT2D eigenvalue weighted by atomic mass is 32.2. The number of nitro groups is 1. The molecule has 2 aromatic rings. The Morgan fingerprint density at radius 3 is 2.62 bits per heavy atom. The van der Waals surface area contributed by atoms with Crippen molar-refractivity contribution in [1.82, 2.24) is 0 Å². The van der Waals surface area contributed by atoms with E-state index in [1.165, 1.54) is 17.8 Å². The van der Waals surface area contributed by atoms with Crippen molar-refractivity contribution in [3.05, 3.63) is 64.2 Å². The van der Waals surface area contributed by atoms with Crippen molar-refractivity contribution in [1.29, 1.82) is 0 Å². The number of rotatable bonds is 5. The third-order valence-corrected chi connectivity index (χ3v) is 3.81. The Morgan fingerprint density at radius 2 is 1.95 bits per heavy atom. The van der Waals surface area contributed by atoms with Gasteiger partial charge in [-0.3, -0.25) is 14.9 Å². The highest BCUT2D eigenvalue weighted by molar-refractivity contribution is 8.00. The van der Waals surface area contributed by atoms with E-state index in [1.54, 1.807) is 19.1 Å². The van der Waals surface area contributed by atoms with Gasteiger partial charge in [-0.05, 0) is 25.1 Å². The van der Waals surface area contributed by atoms with Gasteiger partial charge in [-0.25, -0.2) is 0 Å². The zero-order valence-corrected chi connectivity index (χ0v) is 12.2. The van der Waals surface area contributed by atoms with Crippen LogP contribution in [0, 0.1) is 17.0 Å². The number of nitro benzene ring substituents is 1. The van der Waals surface area contributed by atoms with Gasteiger partial charge in [0, 0.05) is 22.2 Å². The first-order valence-electron chi connectivity index (χ1n) is 6.29. The van der Waals surface area contributed by atoms with Crippen LogP contribution in [0.25, 0.3) is 0 Å². The molecule has 0 aromatic heterocycles. The first kappa shape index (κ1) is 15.1. The molecule has 0 radical (unpaired) electrons. The lowest BCUT2D eigenvalue weighted by Gasteiger charge is -2.06. The van der Waals surface area contributed by atoms with E-state index in [4.69, 9.17) is 0 Å². The van der Waals surface area contributed by atoms with Crippen LogP contribution >= 0.6 is 11.8 Å². The van der Waals surface area contributed by atoms with Crippen LogP contribution in [0.5, 0.6) is 0 Å². The van der Waals surface area contributed by atoms with Gasteiger partial charge in [-0.2, -0.15) is 0 Å². The average molecular weight is 302 g/mol. The number of carbonyl (C=O) groups is 1. The molecule has 0 saturated heterocycles. The van der Waals surface area contributed by atoms with Gasteiger partial charge in [0.05, 0.1) is 10.7 Å². The highest BCUT2D eigenvalue weighted by Crippen LogP contribution is 2.23. The van der Waals surface area contributed by atoms with E-state index < -0.39 is 4.92 Å². The number of hydrogen-bond acceptors (Lipinski definition) is 4. The first-order valence-corrected chi connectivity index (χ1v) is 7.27. The highest BCUT2D eigenvalue weighted by Gasteiger charge is 2.12. The predicted octanol–water partition coefficient (Wildman–Crippen LogP) is 3.63. The summed E-state index contributed by atoms with van der Waals surface area (Å²) in [6, 6.07) is 14.2. The second kappa shape index (κ2) is 6.90. The van der Waals surface area contributed by atoms with Crippen molar-refractivity contribution < 1.29 is 9.72 Å². The summed E-state index contributed by atoms with van der Waals surface area (Å²) < 4.78 is 0. The van der Waals surface area contributed by atoms with Crippen LogP contribution in [0.3, 0.4) is 0 Å². The van der Waals surface area contributed by atoms with Crippen LogP contribution in [0.2, 0.25) is 0 Å². The van der Waals surface area contributed by atoms with E-state index >= 15 is 0 Å². The molecule has 0 spiro atoms. The van der Waals surface area contributed by atoms with Gasteiger partial charge in [-0.15, -0.1) is 11.8 Å². The fourth-order valence-electron chi connectivity index (χ4n) is 1.75. The molecule has 21 heavy (non-hydrogen) atoms. The Labute approximate surface area is 126 Å². The molecule has 2 rings (SSSR count). The minimum atomic E-state index is -0.455. The molecule has 6 heteroatoms. The summed E-state index contributed by atoms with van der Waals surface area (Å²) in [6.45, 7) is 1.66. The molecule has 0 aliphatic rings. The van der Waals surface area contributed by atoms with Crippen molar-refractivity contribution in [2.24, 2.45) is 0 Å². The molecule has 0 fully saturated rings. The second-order valence-corrected chi connectivity index (χ2v) is 5.46. The molecule has 0 aliphatic heterocycles. The molecule has 1 amide bonds. The van der Waals surface area contributed by atoms with E-state index in [1.807, 2.05) is 30.3 Å². The molecule has 0 bridgehead atoms. The van der Waals surface area contributed by atoms with Crippen molar-refractivity contribution in [3.8, 4) is 0 Å². The van der Waals surface area contributed by atoms with Gasteiger partial charge in [0.15, 0.2) is 0 Å². The molecule has 0 unspecified atom stereocenters. The number of benzene rings is 2. The predicted molar refractivity (Wildman–Crippen MR) is 83.6 cm³/mol. The summed E-state index contributed by atoms with van der Waals surface area (Å²) >= 11 is 1.42. The lowest BCUT2D eigenvalue weighted by Crippen LogP contribution is -2.14.